The number of halogens is 1. The van der Waals surface area contributed by atoms with Crippen molar-refractivity contribution in [2.24, 2.45) is 0 Å². The van der Waals surface area contributed by atoms with E-state index in [9.17, 15) is 14.3 Å². The number of hydrogen-bond donors (Lipinski definition) is 2. The molecule has 104 valence electrons. The zero-order valence-electron chi connectivity index (χ0n) is 11.4. The van der Waals surface area contributed by atoms with Gasteiger partial charge in [0.15, 0.2) is 0 Å². The quantitative estimate of drug-likeness (QED) is 0.901. The molecule has 4 heteroatoms. The zero-order valence-corrected chi connectivity index (χ0v) is 11.4. The molecule has 1 amide bonds. The Morgan fingerprint density at radius 3 is 2.65 bits per heavy atom. The molecule has 2 rings (SSSR count). The molecule has 0 fully saturated rings. The maximum atomic E-state index is 13.0. The standard InChI is InChI=1S/C16H16FNO2/c1-10-8-13(17)6-7-15(10)16(20)18-11(2)12-4-3-5-14(19)9-12/h3-9,11,19H,1-2H3,(H,18,20). The summed E-state index contributed by atoms with van der Waals surface area (Å²) in [6.45, 7) is 3.52. The van der Waals surface area contributed by atoms with E-state index in [1.54, 1.807) is 25.1 Å². The summed E-state index contributed by atoms with van der Waals surface area (Å²) in [6, 6.07) is 10.5. The summed E-state index contributed by atoms with van der Waals surface area (Å²) in [5.74, 6) is -0.472. The molecule has 1 unspecified atom stereocenters. The molecule has 0 aliphatic heterocycles. The van der Waals surface area contributed by atoms with Crippen LogP contribution in [0.25, 0.3) is 0 Å². The molecule has 2 N–H and O–H groups in total. The van der Waals surface area contributed by atoms with Gasteiger partial charge in [-0.3, -0.25) is 4.79 Å². The minimum Gasteiger partial charge on any atom is -0.508 e. The normalized spacial score (nSPS) is 11.9. The van der Waals surface area contributed by atoms with Gasteiger partial charge >= 0.3 is 0 Å². The van der Waals surface area contributed by atoms with Crippen LogP contribution >= 0.6 is 0 Å². The van der Waals surface area contributed by atoms with E-state index in [2.05, 4.69) is 5.32 Å². The fraction of sp³-hybridized carbons (Fsp3) is 0.188. The van der Waals surface area contributed by atoms with Gasteiger partial charge in [0.25, 0.3) is 5.91 Å². The lowest BCUT2D eigenvalue weighted by molar-refractivity contribution is 0.0939. The second-order valence-electron chi connectivity index (χ2n) is 4.75. The van der Waals surface area contributed by atoms with Crippen LogP contribution in [0.2, 0.25) is 0 Å². The van der Waals surface area contributed by atoms with Gasteiger partial charge in [0.2, 0.25) is 0 Å². The van der Waals surface area contributed by atoms with Gasteiger partial charge in [-0.2, -0.15) is 0 Å². The number of carbonyl (C=O) groups is 1. The number of carbonyl (C=O) groups excluding carboxylic acids is 1. The number of rotatable bonds is 3. The molecule has 0 saturated heterocycles. The molecule has 2 aromatic carbocycles. The molecular weight excluding hydrogens is 257 g/mol. The highest BCUT2D eigenvalue weighted by molar-refractivity contribution is 5.95. The molecule has 0 aliphatic carbocycles. The zero-order chi connectivity index (χ0) is 14.7. The summed E-state index contributed by atoms with van der Waals surface area (Å²) in [4.78, 5) is 12.1. The molecule has 0 radical (unpaired) electrons. The van der Waals surface area contributed by atoms with Gasteiger partial charge in [-0.1, -0.05) is 12.1 Å². The topological polar surface area (TPSA) is 49.3 Å². The van der Waals surface area contributed by atoms with Crippen molar-refractivity contribution < 1.29 is 14.3 Å². The Morgan fingerprint density at radius 2 is 2.00 bits per heavy atom. The van der Waals surface area contributed by atoms with Gasteiger partial charge in [0, 0.05) is 5.56 Å². The number of nitrogens with one attached hydrogen (secondary N) is 1. The van der Waals surface area contributed by atoms with Crippen LogP contribution in [-0.4, -0.2) is 11.0 Å². The second kappa shape index (κ2) is 5.74. The molecule has 0 spiro atoms. The number of phenols is 1. The molecule has 0 aliphatic rings. The van der Waals surface area contributed by atoms with Crippen LogP contribution in [0.3, 0.4) is 0 Å². The second-order valence-corrected chi connectivity index (χ2v) is 4.75. The van der Waals surface area contributed by atoms with Gasteiger partial charge in [-0.05, 0) is 55.3 Å². The molecular formula is C16H16FNO2. The highest BCUT2D eigenvalue weighted by atomic mass is 19.1. The first kappa shape index (κ1) is 14.1. The lowest BCUT2D eigenvalue weighted by Crippen LogP contribution is -2.27. The molecule has 0 bridgehead atoms. The third kappa shape index (κ3) is 3.15. The fourth-order valence-electron chi connectivity index (χ4n) is 2.03. The lowest BCUT2D eigenvalue weighted by atomic mass is 10.1. The maximum absolute atomic E-state index is 13.0. The number of benzene rings is 2. The number of aromatic hydroxyl groups is 1. The monoisotopic (exact) mass is 273 g/mol. The largest absolute Gasteiger partial charge is 0.508 e. The van der Waals surface area contributed by atoms with Gasteiger partial charge in [0.1, 0.15) is 11.6 Å². The molecule has 20 heavy (non-hydrogen) atoms. The van der Waals surface area contributed by atoms with E-state index >= 15 is 0 Å². The van der Waals surface area contributed by atoms with Crippen molar-refractivity contribution in [2.45, 2.75) is 19.9 Å². The predicted molar refractivity (Wildman–Crippen MR) is 75.1 cm³/mol. The van der Waals surface area contributed by atoms with Crippen LogP contribution in [0.1, 0.15) is 34.5 Å². The Hall–Kier alpha value is -2.36. The van der Waals surface area contributed by atoms with E-state index in [-0.39, 0.29) is 23.5 Å². The highest BCUT2D eigenvalue weighted by Crippen LogP contribution is 2.19. The van der Waals surface area contributed by atoms with Crippen LogP contribution < -0.4 is 5.32 Å². The van der Waals surface area contributed by atoms with Gasteiger partial charge in [-0.15, -0.1) is 0 Å². The fourth-order valence-corrected chi connectivity index (χ4v) is 2.03. The van der Waals surface area contributed by atoms with E-state index in [4.69, 9.17) is 0 Å². The van der Waals surface area contributed by atoms with Crippen molar-refractivity contribution in [1.29, 1.82) is 0 Å². The van der Waals surface area contributed by atoms with Crippen molar-refractivity contribution in [3.8, 4) is 5.75 Å². The third-order valence-corrected chi connectivity index (χ3v) is 3.15. The predicted octanol–water partition coefficient (Wildman–Crippen LogP) is 3.33. The van der Waals surface area contributed by atoms with Gasteiger partial charge in [-0.25, -0.2) is 4.39 Å². The molecule has 2 aromatic rings. The Balaban J connectivity index is 2.15. The summed E-state index contributed by atoms with van der Waals surface area (Å²) >= 11 is 0. The molecule has 1 atom stereocenters. The summed E-state index contributed by atoms with van der Waals surface area (Å²) in [7, 11) is 0. The van der Waals surface area contributed by atoms with Crippen molar-refractivity contribution in [2.75, 3.05) is 0 Å². The van der Waals surface area contributed by atoms with Crippen LogP contribution in [0.15, 0.2) is 42.5 Å². The SMILES string of the molecule is Cc1cc(F)ccc1C(=O)NC(C)c1cccc(O)c1. The molecule has 0 aromatic heterocycles. The van der Waals surface area contributed by atoms with Crippen molar-refractivity contribution in [3.05, 3.63) is 65.0 Å². The average Bonchev–Trinajstić information content (AvgIpc) is 2.38. The molecule has 0 heterocycles. The van der Waals surface area contributed by atoms with Crippen molar-refractivity contribution in [3.63, 3.8) is 0 Å². The van der Waals surface area contributed by atoms with Crippen molar-refractivity contribution >= 4 is 5.91 Å². The van der Waals surface area contributed by atoms with Crippen molar-refractivity contribution in [1.82, 2.24) is 5.32 Å². The Bertz CT molecular complexity index is 640. The van der Waals surface area contributed by atoms with Crippen LogP contribution in [0.5, 0.6) is 5.75 Å². The summed E-state index contributed by atoms with van der Waals surface area (Å²) in [5.41, 5.74) is 1.84. The first-order valence-electron chi connectivity index (χ1n) is 6.33. The van der Waals surface area contributed by atoms with E-state index in [0.29, 0.717) is 11.1 Å². The van der Waals surface area contributed by atoms with E-state index in [1.807, 2.05) is 13.0 Å². The Kier molecular flexibility index (Phi) is 4.03. The smallest absolute Gasteiger partial charge is 0.252 e. The number of amides is 1. The highest BCUT2D eigenvalue weighted by Gasteiger charge is 2.14. The van der Waals surface area contributed by atoms with E-state index in [0.717, 1.165) is 5.56 Å². The maximum Gasteiger partial charge on any atom is 0.252 e. The van der Waals surface area contributed by atoms with Gasteiger partial charge in [0.05, 0.1) is 6.04 Å². The first-order valence-corrected chi connectivity index (χ1v) is 6.33. The minimum absolute atomic E-state index is 0.154. The summed E-state index contributed by atoms with van der Waals surface area (Å²) in [6.07, 6.45) is 0. The van der Waals surface area contributed by atoms with E-state index in [1.165, 1.54) is 18.2 Å². The lowest BCUT2D eigenvalue weighted by Gasteiger charge is -2.15. The summed E-state index contributed by atoms with van der Waals surface area (Å²) < 4.78 is 13.0. The first-order chi connectivity index (χ1) is 9.47. The Morgan fingerprint density at radius 1 is 1.25 bits per heavy atom. The summed E-state index contributed by atoms with van der Waals surface area (Å²) in [5, 5.41) is 12.3. The third-order valence-electron chi connectivity index (χ3n) is 3.15. The van der Waals surface area contributed by atoms with Gasteiger partial charge < -0.3 is 10.4 Å². The van der Waals surface area contributed by atoms with Crippen LogP contribution in [0.4, 0.5) is 4.39 Å². The van der Waals surface area contributed by atoms with E-state index < -0.39 is 0 Å². The van der Waals surface area contributed by atoms with Crippen LogP contribution in [-0.2, 0) is 0 Å². The minimum atomic E-state index is -0.361. The average molecular weight is 273 g/mol. The molecule has 0 saturated carbocycles. The number of phenolic OH excluding ortho intramolecular Hbond substituents is 1. The number of aryl methyl sites for hydroxylation is 1. The molecule has 3 nitrogen and oxygen atoms in total. The number of hydrogen-bond acceptors (Lipinski definition) is 2. The Labute approximate surface area is 117 Å². The van der Waals surface area contributed by atoms with Crippen LogP contribution in [0, 0.1) is 12.7 Å².